The van der Waals surface area contributed by atoms with Crippen LogP contribution in [0.5, 0.6) is 17.4 Å². The Balaban J connectivity index is 1.68. The first-order chi connectivity index (χ1) is 20.0. The highest BCUT2D eigenvalue weighted by Gasteiger charge is 2.29. The molecular weight excluding hydrogens is 544 g/mol. The van der Waals surface area contributed by atoms with Crippen LogP contribution in [0.1, 0.15) is 12.5 Å². The predicted molar refractivity (Wildman–Crippen MR) is 157 cm³/mol. The lowest BCUT2D eigenvalue weighted by Gasteiger charge is -2.16. The van der Waals surface area contributed by atoms with E-state index in [-0.39, 0.29) is 19.8 Å². The van der Waals surface area contributed by atoms with E-state index >= 15 is 0 Å². The van der Waals surface area contributed by atoms with E-state index in [4.69, 9.17) is 18.9 Å². The zero-order valence-corrected chi connectivity index (χ0v) is 23.6. The van der Waals surface area contributed by atoms with Gasteiger partial charge in [0.25, 0.3) is 0 Å². The number of methoxy groups -OCH3 is 1. The van der Waals surface area contributed by atoms with Gasteiger partial charge >= 0.3 is 6.16 Å². The van der Waals surface area contributed by atoms with E-state index in [2.05, 4.69) is 25.4 Å². The van der Waals surface area contributed by atoms with Crippen LogP contribution in [-0.2, 0) is 18.3 Å². The molecule has 3 heterocycles. The van der Waals surface area contributed by atoms with Crippen molar-refractivity contribution in [3.63, 3.8) is 0 Å². The van der Waals surface area contributed by atoms with Crippen LogP contribution in [-0.4, -0.2) is 56.1 Å². The van der Waals surface area contributed by atoms with Crippen molar-refractivity contribution in [1.82, 2.24) is 17.9 Å². The van der Waals surface area contributed by atoms with Crippen LogP contribution in [0.2, 0.25) is 0 Å². The summed E-state index contributed by atoms with van der Waals surface area (Å²) in [7, 11) is 3.56. The number of aromatic nitrogens is 4. The molecule has 3 aromatic carbocycles. The molecule has 0 unspecified atom stereocenters. The summed E-state index contributed by atoms with van der Waals surface area (Å²) in [5.74, 6) is 1.38. The summed E-state index contributed by atoms with van der Waals surface area (Å²) in [6.45, 7) is 2.19. The number of hydrogen-bond donors (Lipinski definition) is 1. The van der Waals surface area contributed by atoms with E-state index in [0.717, 1.165) is 38.5 Å². The van der Waals surface area contributed by atoms with Crippen molar-refractivity contribution >= 4 is 50.9 Å². The van der Waals surface area contributed by atoms with Crippen molar-refractivity contribution in [3.8, 4) is 28.5 Å². The van der Waals surface area contributed by atoms with E-state index in [0.29, 0.717) is 35.1 Å². The van der Waals surface area contributed by atoms with Crippen LogP contribution in [0.3, 0.4) is 0 Å². The monoisotopic (exact) mass is 572 g/mol. The van der Waals surface area contributed by atoms with Gasteiger partial charge in [-0.1, -0.05) is 24.3 Å². The number of hydrogen-bond acceptors (Lipinski definition) is 9. The van der Waals surface area contributed by atoms with Crippen molar-refractivity contribution in [3.05, 3.63) is 66.2 Å². The first-order valence-corrected chi connectivity index (χ1v) is 13.8. The maximum absolute atomic E-state index is 12.9. The first kappa shape index (κ1) is 26.6. The molecular formula is C30H28N4O6S. The minimum atomic E-state index is -0.812. The van der Waals surface area contributed by atoms with E-state index in [1.54, 1.807) is 20.1 Å². The van der Waals surface area contributed by atoms with Crippen LogP contribution >= 0.6 is 11.7 Å². The van der Waals surface area contributed by atoms with E-state index in [9.17, 15) is 9.90 Å². The molecule has 0 saturated heterocycles. The molecule has 1 N–H and O–H groups in total. The number of aryl methyl sites for hydroxylation is 1. The molecule has 41 heavy (non-hydrogen) atoms. The number of fused-ring (bicyclic) bond motifs is 4. The van der Waals surface area contributed by atoms with Crippen LogP contribution in [0.25, 0.3) is 44.1 Å². The highest BCUT2D eigenvalue weighted by atomic mass is 32.1. The highest BCUT2D eigenvalue weighted by molar-refractivity contribution is 7.00. The lowest BCUT2D eigenvalue weighted by Crippen LogP contribution is -2.14. The fraction of sp³-hybridized carbons (Fsp3) is 0.233. The molecule has 6 aromatic rings. The number of rotatable bonds is 9. The number of carbonyl (C=O) groups is 1. The second kappa shape index (κ2) is 11.1. The molecule has 0 saturated carbocycles. The minimum absolute atomic E-state index is 0.0783. The quantitative estimate of drug-likeness (QED) is 0.218. The van der Waals surface area contributed by atoms with E-state index in [1.165, 1.54) is 11.7 Å². The summed E-state index contributed by atoms with van der Waals surface area (Å²) in [4.78, 5) is 12.9. The van der Waals surface area contributed by atoms with Crippen LogP contribution in [0.4, 0.5) is 4.79 Å². The van der Waals surface area contributed by atoms with Crippen LogP contribution < -0.4 is 14.2 Å². The van der Waals surface area contributed by atoms with Gasteiger partial charge in [0, 0.05) is 24.1 Å². The summed E-state index contributed by atoms with van der Waals surface area (Å²) in [5, 5.41) is 10.5. The number of nitrogens with zero attached hydrogens (tertiary/aromatic N) is 4. The maximum Gasteiger partial charge on any atom is 0.515 e. The van der Waals surface area contributed by atoms with E-state index in [1.807, 2.05) is 54.1 Å². The summed E-state index contributed by atoms with van der Waals surface area (Å²) >= 11 is 1.17. The Morgan fingerprint density at radius 3 is 2.66 bits per heavy atom. The summed E-state index contributed by atoms with van der Waals surface area (Å²) < 4.78 is 35.5. The largest absolute Gasteiger partial charge is 0.515 e. The number of carbonyl (C=O) groups excluding carboxylic acids is 1. The average molecular weight is 573 g/mol. The lowest BCUT2D eigenvalue weighted by atomic mass is 10.1. The zero-order valence-electron chi connectivity index (χ0n) is 22.8. The number of aliphatic hydroxyl groups is 1. The molecule has 0 fully saturated rings. The molecule has 10 nitrogen and oxygen atoms in total. The molecule has 210 valence electrons. The number of ether oxygens (including phenoxy) is 4. The molecule has 0 aliphatic carbocycles. The topological polar surface area (TPSA) is 110 Å². The van der Waals surface area contributed by atoms with Gasteiger partial charge in [0.1, 0.15) is 29.1 Å². The molecule has 0 amide bonds. The van der Waals surface area contributed by atoms with Gasteiger partial charge < -0.3 is 33.2 Å². The third-order valence-electron chi connectivity index (χ3n) is 6.95. The van der Waals surface area contributed by atoms with E-state index < -0.39 is 6.16 Å². The van der Waals surface area contributed by atoms with Crippen molar-refractivity contribution in [2.24, 2.45) is 7.05 Å². The Morgan fingerprint density at radius 1 is 1.02 bits per heavy atom. The molecule has 3 aromatic heterocycles. The number of aliphatic hydroxyl groups excluding tert-OH is 1. The maximum atomic E-state index is 12.9. The number of benzene rings is 3. The Hall–Kier alpha value is -4.61. The molecule has 0 atom stereocenters. The summed E-state index contributed by atoms with van der Waals surface area (Å²) in [5.41, 5.74) is 6.67. The van der Waals surface area contributed by atoms with Gasteiger partial charge in [-0.15, -0.1) is 0 Å². The smallest absolute Gasteiger partial charge is 0.497 e. The predicted octanol–water partition coefficient (Wildman–Crippen LogP) is 5.77. The Kier molecular flexibility index (Phi) is 7.21. The van der Waals surface area contributed by atoms with Gasteiger partial charge in [-0.25, -0.2) is 4.79 Å². The van der Waals surface area contributed by atoms with Gasteiger partial charge in [-0.05, 0) is 42.8 Å². The van der Waals surface area contributed by atoms with Crippen molar-refractivity contribution in [2.75, 3.05) is 26.9 Å². The van der Waals surface area contributed by atoms with Crippen molar-refractivity contribution in [1.29, 1.82) is 0 Å². The summed E-state index contributed by atoms with van der Waals surface area (Å²) in [6.07, 6.45) is -0.812. The fourth-order valence-corrected chi connectivity index (χ4v) is 5.73. The molecule has 6 rings (SSSR count). The highest BCUT2D eigenvalue weighted by Crippen LogP contribution is 2.48. The van der Waals surface area contributed by atoms with Crippen LogP contribution in [0, 0.1) is 0 Å². The van der Waals surface area contributed by atoms with Gasteiger partial charge in [-0.2, -0.15) is 8.75 Å². The normalized spacial score (nSPS) is 11.4. The Bertz CT molecular complexity index is 1890. The van der Waals surface area contributed by atoms with Gasteiger partial charge in [0.05, 0.1) is 60.7 Å². The summed E-state index contributed by atoms with van der Waals surface area (Å²) in [6, 6.07) is 19.5. The van der Waals surface area contributed by atoms with Gasteiger partial charge in [-0.3, -0.25) is 0 Å². The molecule has 0 radical (unpaired) electrons. The molecule has 0 aliphatic heterocycles. The van der Waals surface area contributed by atoms with Crippen molar-refractivity contribution in [2.45, 2.75) is 13.5 Å². The lowest BCUT2D eigenvalue weighted by molar-refractivity contribution is 0.101. The molecule has 0 spiro atoms. The third-order valence-corrected chi connectivity index (χ3v) is 7.51. The second-order valence-corrected chi connectivity index (χ2v) is 9.87. The van der Waals surface area contributed by atoms with Crippen LogP contribution in [0.15, 0.2) is 60.7 Å². The molecule has 0 aliphatic rings. The average Bonchev–Trinajstić information content (AvgIpc) is 3.66. The molecule has 11 heteroatoms. The number of para-hydroxylation sites is 1. The molecule has 0 bridgehead atoms. The standard InChI is InChI=1S/C30H28N4O6S/c1-4-38-30(36)40-29-26(21-11-10-19(37-3)16-25(21)39-14-13-35)28-27(20-7-5-6-8-24(20)33(28)2)34(29)17-18-9-12-22-23(15-18)32-41-31-22/h5-12,15-16,35H,4,13-14,17H2,1-3H3. The third kappa shape index (κ3) is 4.72. The van der Waals surface area contributed by atoms with Gasteiger partial charge in [0.2, 0.25) is 5.88 Å². The Morgan fingerprint density at radius 2 is 1.85 bits per heavy atom. The fourth-order valence-electron chi connectivity index (χ4n) is 5.22. The minimum Gasteiger partial charge on any atom is -0.497 e. The SMILES string of the molecule is CCOC(=O)Oc1c(-c2ccc(OC)cc2OCCO)c2c(c3ccccc3n2C)n1Cc1ccc2nsnc2c1. The Labute approximate surface area is 239 Å². The van der Waals surface area contributed by atoms with Crippen molar-refractivity contribution < 1.29 is 28.8 Å². The first-order valence-electron chi connectivity index (χ1n) is 13.1. The second-order valence-electron chi connectivity index (χ2n) is 9.35. The zero-order chi connectivity index (χ0) is 28.5. The van der Waals surface area contributed by atoms with Gasteiger partial charge in [0.15, 0.2) is 0 Å².